The van der Waals surface area contributed by atoms with Crippen LogP contribution >= 0.6 is 0 Å². The van der Waals surface area contributed by atoms with Crippen molar-refractivity contribution in [1.82, 2.24) is 4.90 Å². The minimum atomic E-state index is -0.733. The minimum absolute atomic E-state index is 0.00826. The highest BCUT2D eigenvalue weighted by molar-refractivity contribution is 6.35. The molecule has 3 amide bonds. The minimum Gasteiger partial charge on any atom is -0.339 e. The Bertz CT molecular complexity index is 1010. The number of rotatable bonds is 3. The maximum absolute atomic E-state index is 12.8. The maximum atomic E-state index is 12.8. The van der Waals surface area contributed by atoms with E-state index in [0.29, 0.717) is 5.56 Å². The van der Waals surface area contributed by atoms with Gasteiger partial charge in [0.15, 0.2) is 0 Å². The zero-order chi connectivity index (χ0) is 20.5. The fourth-order valence-electron chi connectivity index (χ4n) is 3.86. The van der Waals surface area contributed by atoms with Crippen molar-refractivity contribution in [2.75, 3.05) is 18.0 Å². The monoisotopic (exact) mass is 393 g/mol. The molecule has 8 nitrogen and oxygen atoms in total. The molecular weight excluding hydrogens is 374 g/mol. The number of carbonyl (C=O) groups excluding carboxylic acids is 3. The third-order valence-electron chi connectivity index (χ3n) is 5.36. The molecular formula is C21H19N3O5. The molecule has 29 heavy (non-hydrogen) atoms. The van der Waals surface area contributed by atoms with Crippen molar-refractivity contribution in [2.45, 2.75) is 25.7 Å². The van der Waals surface area contributed by atoms with Crippen LogP contribution in [-0.4, -0.2) is 40.6 Å². The predicted molar refractivity (Wildman–Crippen MR) is 105 cm³/mol. The maximum Gasteiger partial charge on any atom is 0.283 e. The smallest absolute Gasteiger partial charge is 0.283 e. The van der Waals surface area contributed by atoms with Crippen LogP contribution in [0.1, 0.15) is 56.8 Å². The fraction of sp³-hybridized carbons (Fsp3) is 0.286. The molecule has 2 aromatic rings. The van der Waals surface area contributed by atoms with Gasteiger partial charge in [-0.15, -0.1) is 0 Å². The summed E-state index contributed by atoms with van der Waals surface area (Å²) in [5.41, 5.74) is 0.175. The summed E-state index contributed by atoms with van der Waals surface area (Å²) in [6.07, 6.45) is 4.21. The third-order valence-corrected chi connectivity index (χ3v) is 5.36. The number of nitrogens with zero attached hydrogens (tertiary/aromatic N) is 3. The molecule has 0 aromatic heterocycles. The Morgan fingerprint density at radius 3 is 2.17 bits per heavy atom. The number of likely N-dealkylation sites (tertiary alicyclic amines) is 1. The van der Waals surface area contributed by atoms with Gasteiger partial charge in [0, 0.05) is 24.7 Å². The predicted octanol–water partition coefficient (Wildman–Crippen LogP) is 3.41. The number of nitro benzene ring substituents is 1. The standard InChI is InChI=1S/C21H19N3O5/c25-19(22-12-3-1-2-4-13-22)14-8-10-15(11-9-14)23-20(26)16-6-5-7-17(24(28)29)18(16)21(23)27/h5-11H,1-4,12-13H2. The van der Waals surface area contributed by atoms with Crippen LogP contribution in [-0.2, 0) is 0 Å². The lowest BCUT2D eigenvalue weighted by Crippen LogP contribution is -2.32. The molecule has 2 aliphatic heterocycles. The number of nitro groups is 1. The molecule has 0 spiro atoms. The van der Waals surface area contributed by atoms with Gasteiger partial charge in [-0.1, -0.05) is 18.9 Å². The first kappa shape index (κ1) is 18.8. The van der Waals surface area contributed by atoms with Crippen LogP contribution in [0.5, 0.6) is 0 Å². The number of hydrogen-bond acceptors (Lipinski definition) is 5. The molecule has 0 bridgehead atoms. The summed E-state index contributed by atoms with van der Waals surface area (Å²) in [5.74, 6) is -1.42. The van der Waals surface area contributed by atoms with Gasteiger partial charge in [0.1, 0.15) is 5.56 Å². The van der Waals surface area contributed by atoms with E-state index >= 15 is 0 Å². The number of carbonyl (C=O) groups is 3. The van der Waals surface area contributed by atoms with E-state index in [0.717, 1.165) is 43.7 Å². The van der Waals surface area contributed by atoms with Crippen molar-refractivity contribution in [3.05, 3.63) is 69.3 Å². The van der Waals surface area contributed by atoms with Gasteiger partial charge in [-0.05, 0) is 43.2 Å². The van der Waals surface area contributed by atoms with Gasteiger partial charge in [-0.25, -0.2) is 4.90 Å². The second-order valence-electron chi connectivity index (χ2n) is 7.16. The molecule has 4 rings (SSSR count). The van der Waals surface area contributed by atoms with Gasteiger partial charge in [0.05, 0.1) is 16.2 Å². The topological polar surface area (TPSA) is 101 Å². The van der Waals surface area contributed by atoms with Crippen LogP contribution < -0.4 is 4.90 Å². The summed E-state index contributed by atoms with van der Waals surface area (Å²) in [6, 6.07) is 10.2. The van der Waals surface area contributed by atoms with Crippen LogP contribution in [0.3, 0.4) is 0 Å². The molecule has 0 aliphatic carbocycles. The molecule has 1 saturated heterocycles. The molecule has 8 heteroatoms. The van der Waals surface area contributed by atoms with Crippen LogP contribution in [0.25, 0.3) is 0 Å². The summed E-state index contributed by atoms with van der Waals surface area (Å²) in [6.45, 7) is 1.45. The molecule has 0 N–H and O–H groups in total. The average molecular weight is 393 g/mol. The van der Waals surface area contributed by atoms with E-state index in [4.69, 9.17) is 0 Å². The van der Waals surface area contributed by atoms with Crippen molar-refractivity contribution in [3.8, 4) is 0 Å². The first-order chi connectivity index (χ1) is 14.0. The lowest BCUT2D eigenvalue weighted by Gasteiger charge is -2.21. The van der Waals surface area contributed by atoms with Crippen molar-refractivity contribution in [3.63, 3.8) is 0 Å². The van der Waals surface area contributed by atoms with Crippen molar-refractivity contribution in [1.29, 1.82) is 0 Å². The number of fused-ring (bicyclic) bond motifs is 1. The summed E-state index contributed by atoms with van der Waals surface area (Å²) in [4.78, 5) is 51.5. The summed E-state index contributed by atoms with van der Waals surface area (Å²) >= 11 is 0. The Morgan fingerprint density at radius 2 is 1.55 bits per heavy atom. The fourth-order valence-corrected chi connectivity index (χ4v) is 3.86. The van der Waals surface area contributed by atoms with Gasteiger partial charge in [0.2, 0.25) is 0 Å². The Balaban J connectivity index is 1.60. The highest BCUT2D eigenvalue weighted by atomic mass is 16.6. The first-order valence-corrected chi connectivity index (χ1v) is 9.54. The number of imide groups is 1. The van der Waals surface area contributed by atoms with Crippen molar-refractivity contribution in [2.24, 2.45) is 0 Å². The van der Waals surface area contributed by atoms with E-state index in [9.17, 15) is 24.5 Å². The van der Waals surface area contributed by atoms with Crippen molar-refractivity contribution < 1.29 is 19.3 Å². The van der Waals surface area contributed by atoms with E-state index in [1.165, 1.54) is 30.3 Å². The lowest BCUT2D eigenvalue weighted by molar-refractivity contribution is -0.385. The Labute approximate surface area is 166 Å². The highest BCUT2D eigenvalue weighted by Gasteiger charge is 2.41. The zero-order valence-corrected chi connectivity index (χ0v) is 15.7. The third kappa shape index (κ3) is 3.26. The normalized spacial score (nSPS) is 16.6. The molecule has 0 unspecified atom stereocenters. The first-order valence-electron chi connectivity index (χ1n) is 9.54. The van der Waals surface area contributed by atoms with E-state index < -0.39 is 22.4 Å². The van der Waals surface area contributed by atoms with Crippen LogP contribution in [0.2, 0.25) is 0 Å². The van der Waals surface area contributed by atoms with Gasteiger partial charge < -0.3 is 4.90 Å². The van der Waals surface area contributed by atoms with Gasteiger partial charge in [0.25, 0.3) is 23.4 Å². The van der Waals surface area contributed by atoms with Crippen molar-refractivity contribution >= 4 is 29.1 Å². The Morgan fingerprint density at radius 1 is 0.897 bits per heavy atom. The van der Waals surface area contributed by atoms with E-state index in [1.54, 1.807) is 12.1 Å². The molecule has 0 radical (unpaired) electrons. The van der Waals surface area contributed by atoms with Crippen LogP contribution in [0.4, 0.5) is 11.4 Å². The molecule has 0 saturated carbocycles. The second kappa shape index (κ2) is 7.46. The SMILES string of the molecule is O=C(c1ccc(N2C(=O)c3cccc([N+](=O)[O-])c3C2=O)cc1)N1CCCCCC1. The van der Waals surface area contributed by atoms with E-state index in [-0.39, 0.29) is 22.7 Å². The molecule has 2 aliphatic rings. The van der Waals surface area contributed by atoms with Gasteiger partial charge in [-0.2, -0.15) is 0 Å². The van der Waals surface area contributed by atoms with E-state index in [2.05, 4.69) is 0 Å². The summed E-state index contributed by atoms with van der Waals surface area (Å²) in [7, 11) is 0. The van der Waals surface area contributed by atoms with Gasteiger partial charge in [-0.3, -0.25) is 24.5 Å². The quantitative estimate of drug-likeness (QED) is 0.452. The number of benzene rings is 2. The molecule has 1 fully saturated rings. The Hall–Kier alpha value is -3.55. The molecule has 148 valence electrons. The van der Waals surface area contributed by atoms with E-state index in [1.807, 2.05) is 4.90 Å². The average Bonchev–Trinajstić information content (AvgIpc) is 2.90. The van der Waals surface area contributed by atoms with Gasteiger partial charge >= 0.3 is 0 Å². The number of hydrogen-bond donors (Lipinski definition) is 0. The van der Waals surface area contributed by atoms with Crippen LogP contribution in [0, 0.1) is 10.1 Å². The number of amides is 3. The second-order valence-corrected chi connectivity index (χ2v) is 7.16. The molecule has 0 atom stereocenters. The Kier molecular flexibility index (Phi) is 4.84. The number of anilines is 1. The zero-order valence-electron chi connectivity index (χ0n) is 15.7. The highest BCUT2D eigenvalue weighted by Crippen LogP contribution is 2.34. The summed E-state index contributed by atoms with van der Waals surface area (Å²) < 4.78 is 0. The summed E-state index contributed by atoms with van der Waals surface area (Å²) in [5, 5.41) is 11.2. The van der Waals surface area contributed by atoms with Crippen LogP contribution in [0.15, 0.2) is 42.5 Å². The molecule has 2 heterocycles. The largest absolute Gasteiger partial charge is 0.339 e. The molecule has 2 aromatic carbocycles. The lowest BCUT2D eigenvalue weighted by atomic mass is 10.1.